The number of amides is 1. The molecule has 1 fully saturated rings. The van der Waals surface area contributed by atoms with E-state index in [1.807, 2.05) is 0 Å². The maximum Gasteiger partial charge on any atom is 0.223 e. The van der Waals surface area contributed by atoms with Gasteiger partial charge in [0.1, 0.15) is 0 Å². The van der Waals surface area contributed by atoms with Crippen LogP contribution in [-0.4, -0.2) is 44.0 Å². The number of rotatable bonds is 6. The normalized spacial score (nSPS) is 17.9. The van der Waals surface area contributed by atoms with Crippen LogP contribution in [0, 0.1) is 5.92 Å². The van der Waals surface area contributed by atoms with Crippen molar-refractivity contribution in [2.45, 2.75) is 25.3 Å². The molecule has 1 rings (SSSR count). The average Bonchev–Trinajstić information content (AvgIpc) is 2.95. The Hall–Kier alpha value is -0.610. The summed E-state index contributed by atoms with van der Waals surface area (Å²) in [6, 6.07) is 0.144. The van der Waals surface area contributed by atoms with Crippen molar-refractivity contribution >= 4 is 5.91 Å². The molecule has 0 aromatic carbocycles. The van der Waals surface area contributed by atoms with Crippen molar-refractivity contribution in [2.24, 2.45) is 11.7 Å². The molecule has 1 aliphatic rings. The molecule has 14 heavy (non-hydrogen) atoms. The van der Waals surface area contributed by atoms with Gasteiger partial charge in [-0.05, 0) is 25.3 Å². The Bertz CT molecular complexity index is 190. The van der Waals surface area contributed by atoms with Gasteiger partial charge in [0.2, 0.25) is 5.91 Å². The molecule has 1 aliphatic carbocycles. The predicted octanol–water partition coefficient (Wildman–Crippen LogP) is -0.208. The summed E-state index contributed by atoms with van der Waals surface area (Å²) in [5, 5.41) is 3.34. The van der Waals surface area contributed by atoms with E-state index >= 15 is 0 Å². The van der Waals surface area contributed by atoms with Crippen molar-refractivity contribution < 1.29 is 4.79 Å². The molecular formula is C10H21N3O. The van der Waals surface area contributed by atoms with Gasteiger partial charge in [0, 0.05) is 33.1 Å². The number of nitrogens with zero attached hydrogens (tertiary/aromatic N) is 1. The molecule has 3 N–H and O–H groups in total. The Balaban J connectivity index is 2.18. The average molecular weight is 199 g/mol. The highest BCUT2D eigenvalue weighted by molar-refractivity contribution is 5.76. The Kier molecular flexibility index (Phi) is 4.35. The van der Waals surface area contributed by atoms with Crippen LogP contribution in [0.1, 0.15) is 19.3 Å². The van der Waals surface area contributed by atoms with Crippen molar-refractivity contribution in [3.8, 4) is 0 Å². The first-order valence-corrected chi connectivity index (χ1v) is 5.27. The molecular weight excluding hydrogens is 178 g/mol. The first-order valence-electron chi connectivity index (χ1n) is 5.27. The zero-order valence-electron chi connectivity index (χ0n) is 9.12. The van der Waals surface area contributed by atoms with Crippen LogP contribution in [-0.2, 0) is 4.79 Å². The molecule has 4 heteroatoms. The number of nitrogens with two attached hydrogens (primary N) is 1. The van der Waals surface area contributed by atoms with Gasteiger partial charge in [-0.1, -0.05) is 0 Å². The molecule has 82 valence electrons. The number of hydrogen-bond donors (Lipinski definition) is 2. The Morgan fingerprint density at radius 2 is 2.21 bits per heavy atom. The molecule has 0 saturated heterocycles. The summed E-state index contributed by atoms with van der Waals surface area (Å²) in [6.45, 7) is 1.55. The molecule has 0 aromatic heterocycles. The third-order valence-corrected chi connectivity index (χ3v) is 2.60. The maximum absolute atomic E-state index is 11.4. The van der Waals surface area contributed by atoms with Crippen molar-refractivity contribution in [1.82, 2.24) is 10.2 Å². The molecule has 0 heterocycles. The van der Waals surface area contributed by atoms with Crippen molar-refractivity contribution in [3.05, 3.63) is 0 Å². The van der Waals surface area contributed by atoms with Gasteiger partial charge in [0.05, 0.1) is 0 Å². The SMILES string of the molecule is CN(C)C(=O)CC(CN)NCC1CC1. The quantitative estimate of drug-likeness (QED) is 0.622. The largest absolute Gasteiger partial charge is 0.349 e. The Labute approximate surface area is 85.8 Å². The highest BCUT2D eigenvalue weighted by atomic mass is 16.2. The van der Waals surface area contributed by atoms with Crippen molar-refractivity contribution in [1.29, 1.82) is 0 Å². The van der Waals surface area contributed by atoms with Gasteiger partial charge >= 0.3 is 0 Å². The Morgan fingerprint density at radius 3 is 2.64 bits per heavy atom. The minimum atomic E-state index is 0.142. The highest BCUT2D eigenvalue weighted by Crippen LogP contribution is 2.27. The van der Waals surface area contributed by atoms with Gasteiger partial charge in [0.15, 0.2) is 0 Å². The summed E-state index contributed by atoms with van der Waals surface area (Å²) in [5.74, 6) is 0.974. The van der Waals surface area contributed by atoms with E-state index in [4.69, 9.17) is 5.73 Å². The molecule has 4 nitrogen and oxygen atoms in total. The molecule has 0 spiro atoms. The monoisotopic (exact) mass is 199 g/mol. The smallest absolute Gasteiger partial charge is 0.223 e. The van der Waals surface area contributed by atoms with Crippen LogP contribution in [0.5, 0.6) is 0 Å². The minimum absolute atomic E-state index is 0.142. The van der Waals surface area contributed by atoms with E-state index in [1.165, 1.54) is 12.8 Å². The topological polar surface area (TPSA) is 58.4 Å². The number of carbonyl (C=O) groups excluding carboxylic acids is 1. The predicted molar refractivity (Wildman–Crippen MR) is 56.9 cm³/mol. The van der Waals surface area contributed by atoms with Crippen molar-refractivity contribution in [3.63, 3.8) is 0 Å². The van der Waals surface area contributed by atoms with E-state index in [0.29, 0.717) is 13.0 Å². The molecule has 1 amide bonds. The standard InChI is InChI=1S/C10H21N3O/c1-13(2)10(14)5-9(6-11)12-7-8-3-4-8/h8-9,12H,3-7,11H2,1-2H3. The zero-order valence-corrected chi connectivity index (χ0v) is 9.12. The van der Waals surface area contributed by atoms with Gasteiger partial charge in [-0.15, -0.1) is 0 Å². The lowest BCUT2D eigenvalue weighted by molar-refractivity contribution is -0.129. The van der Waals surface area contributed by atoms with Crippen LogP contribution in [0.25, 0.3) is 0 Å². The summed E-state index contributed by atoms with van der Waals surface area (Å²) >= 11 is 0. The van der Waals surface area contributed by atoms with Crippen LogP contribution in [0.2, 0.25) is 0 Å². The second-order valence-corrected chi connectivity index (χ2v) is 4.28. The van der Waals surface area contributed by atoms with Crippen LogP contribution in [0.3, 0.4) is 0 Å². The number of hydrogen-bond acceptors (Lipinski definition) is 3. The molecule has 0 aliphatic heterocycles. The first-order chi connectivity index (χ1) is 6.63. The van der Waals surface area contributed by atoms with Crippen LogP contribution < -0.4 is 11.1 Å². The lowest BCUT2D eigenvalue weighted by atomic mass is 10.2. The van der Waals surface area contributed by atoms with E-state index in [-0.39, 0.29) is 11.9 Å². The fourth-order valence-corrected chi connectivity index (χ4v) is 1.29. The summed E-state index contributed by atoms with van der Waals surface area (Å²) in [5.41, 5.74) is 5.59. The van der Waals surface area contributed by atoms with E-state index in [9.17, 15) is 4.79 Å². The van der Waals surface area contributed by atoms with Gasteiger partial charge in [0.25, 0.3) is 0 Å². The van der Waals surface area contributed by atoms with E-state index in [0.717, 1.165) is 12.5 Å². The van der Waals surface area contributed by atoms with Crippen LogP contribution >= 0.6 is 0 Å². The molecule has 1 atom stereocenters. The van der Waals surface area contributed by atoms with E-state index in [2.05, 4.69) is 5.32 Å². The molecule has 0 bridgehead atoms. The second-order valence-electron chi connectivity index (χ2n) is 4.28. The van der Waals surface area contributed by atoms with Gasteiger partial charge in [-0.3, -0.25) is 4.79 Å². The number of carbonyl (C=O) groups is 1. The summed E-state index contributed by atoms with van der Waals surface area (Å²) in [7, 11) is 3.55. The Morgan fingerprint density at radius 1 is 1.57 bits per heavy atom. The minimum Gasteiger partial charge on any atom is -0.349 e. The third-order valence-electron chi connectivity index (χ3n) is 2.60. The first kappa shape index (κ1) is 11.5. The molecule has 0 aromatic rings. The lowest BCUT2D eigenvalue weighted by Gasteiger charge is -2.18. The van der Waals surface area contributed by atoms with Gasteiger partial charge in [-0.25, -0.2) is 0 Å². The second kappa shape index (κ2) is 5.32. The fraction of sp³-hybridized carbons (Fsp3) is 0.900. The van der Waals surface area contributed by atoms with Crippen LogP contribution in [0.15, 0.2) is 0 Å². The molecule has 1 saturated carbocycles. The highest BCUT2D eigenvalue weighted by Gasteiger charge is 2.22. The summed E-state index contributed by atoms with van der Waals surface area (Å²) in [6.07, 6.45) is 3.16. The molecule has 1 unspecified atom stereocenters. The van der Waals surface area contributed by atoms with E-state index < -0.39 is 0 Å². The fourth-order valence-electron chi connectivity index (χ4n) is 1.29. The molecule has 0 radical (unpaired) electrons. The zero-order chi connectivity index (χ0) is 10.6. The van der Waals surface area contributed by atoms with Crippen LogP contribution in [0.4, 0.5) is 0 Å². The maximum atomic E-state index is 11.4. The summed E-state index contributed by atoms with van der Waals surface area (Å²) < 4.78 is 0. The van der Waals surface area contributed by atoms with E-state index in [1.54, 1.807) is 19.0 Å². The van der Waals surface area contributed by atoms with Crippen molar-refractivity contribution in [2.75, 3.05) is 27.2 Å². The van der Waals surface area contributed by atoms with Gasteiger partial charge in [-0.2, -0.15) is 0 Å². The third kappa shape index (κ3) is 4.07. The summed E-state index contributed by atoms with van der Waals surface area (Å²) in [4.78, 5) is 13.0. The van der Waals surface area contributed by atoms with Gasteiger partial charge < -0.3 is 16.0 Å². The number of nitrogens with one attached hydrogen (secondary N) is 1. The lowest BCUT2D eigenvalue weighted by Crippen LogP contribution is -2.41.